The maximum absolute atomic E-state index is 13.0. The number of benzene rings is 1. The van der Waals surface area contributed by atoms with Crippen molar-refractivity contribution in [2.75, 3.05) is 33.2 Å². The average molecular weight is 519 g/mol. The van der Waals surface area contributed by atoms with Gasteiger partial charge in [-0.2, -0.15) is 0 Å². The Kier molecular flexibility index (Phi) is 6.80. The van der Waals surface area contributed by atoms with Crippen LogP contribution in [0.15, 0.2) is 24.3 Å². The summed E-state index contributed by atoms with van der Waals surface area (Å²) in [7, 11) is 2.06. The van der Waals surface area contributed by atoms with Crippen molar-refractivity contribution in [3.63, 3.8) is 0 Å². The molecule has 10 nitrogen and oxygen atoms in total. The van der Waals surface area contributed by atoms with E-state index >= 15 is 0 Å². The Labute approximate surface area is 210 Å². The van der Waals surface area contributed by atoms with Crippen LogP contribution in [0.3, 0.4) is 0 Å². The van der Waals surface area contributed by atoms with E-state index in [4.69, 9.17) is 11.6 Å². The summed E-state index contributed by atoms with van der Waals surface area (Å²) >= 11 is 7.54. The second kappa shape index (κ2) is 9.84. The number of aliphatic hydroxyl groups excluding tert-OH is 1. The Hall–Kier alpha value is -2.54. The van der Waals surface area contributed by atoms with Crippen LogP contribution in [-0.4, -0.2) is 87.2 Å². The number of aliphatic carboxylic acids is 1. The molecule has 0 bridgehead atoms. The topological polar surface area (TPSA) is 134 Å². The first-order valence-corrected chi connectivity index (χ1v) is 12.6. The number of rotatable bonds is 7. The van der Waals surface area contributed by atoms with Crippen LogP contribution < -0.4 is 10.6 Å². The molecule has 1 fully saturated rings. The minimum absolute atomic E-state index is 0.149. The molecule has 0 aliphatic carbocycles. The number of amides is 1. The Morgan fingerprint density at radius 1 is 1.31 bits per heavy atom. The number of nitrogens with one attached hydrogen (secondary N) is 3. The molecule has 3 atom stereocenters. The number of nitrogens with zero attached hydrogens (tertiary/aromatic N) is 3. The lowest BCUT2D eigenvalue weighted by molar-refractivity contribution is -0.138. The third-order valence-electron chi connectivity index (χ3n) is 6.44. The quantitative estimate of drug-likeness (QED) is 0.296. The molecule has 1 unspecified atom stereocenters. The first kappa shape index (κ1) is 24.2. The maximum Gasteiger partial charge on any atom is 0.317 e. The molecule has 5 rings (SSSR count). The minimum Gasteiger partial charge on any atom is -0.480 e. The highest BCUT2D eigenvalue weighted by molar-refractivity contribution is 7.11. The predicted octanol–water partition coefficient (Wildman–Crippen LogP) is 1.41. The van der Waals surface area contributed by atoms with Crippen molar-refractivity contribution in [1.29, 1.82) is 0 Å². The Morgan fingerprint density at radius 3 is 2.91 bits per heavy atom. The summed E-state index contributed by atoms with van der Waals surface area (Å²) in [5, 5.41) is 28.3. The number of carbonyl (C=O) groups excluding carboxylic acids is 1. The van der Waals surface area contributed by atoms with Crippen LogP contribution in [0, 0.1) is 0 Å². The summed E-state index contributed by atoms with van der Waals surface area (Å²) in [4.78, 5) is 37.2. The zero-order valence-electron chi connectivity index (χ0n) is 19.1. The number of carboxylic acid groups (broad SMARTS) is 1. The monoisotopic (exact) mass is 518 g/mol. The molecule has 12 heteroatoms. The van der Waals surface area contributed by atoms with Gasteiger partial charge in [0.2, 0.25) is 0 Å². The van der Waals surface area contributed by atoms with Gasteiger partial charge in [0.25, 0.3) is 5.91 Å². The van der Waals surface area contributed by atoms with E-state index < -0.39 is 18.2 Å². The second-order valence-electron chi connectivity index (χ2n) is 9.17. The molecule has 4 heterocycles. The van der Waals surface area contributed by atoms with Gasteiger partial charge in [0.05, 0.1) is 18.3 Å². The lowest BCUT2D eigenvalue weighted by atomic mass is 10.1. The van der Waals surface area contributed by atoms with E-state index in [2.05, 4.69) is 32.5 Å². The SMILES string of the molecule is CN1CCc2nc(C(O)N[C@@H]3CN(CC(=O)O)C[C@H]3NC(=O)c3cc4cc(Cl)ccc4[nH]3)sc2C1. The summed E-state index contributed by atoms with van der Waals surface area (Å²) in [5.74, 6) is -1.26. The van der Waals surface area contributed by atoms with Crippen LogP contribution in [-0.2, 0) is 17.8 Å². The van der Waals surface area contributed by atoms with E-state index in [0.29, 0.717) is 28.8 Å². The number of aromatic amines is 1. The van der Waals surface area contributed by atoms with E-state index in [0.717, 1.165) is 41.0 Å². The van der Waals surface area contributed by atoms with Gasteiger partial charge in [-0.05, 0) is 31.3 Å². The van der Waals surface area contributed by atoms with Gasteiger partial charge in [0, 0.05) is 59.4 Å². The molecular formula is C23H27ClN6O4S. The van der Waals surface area contributed by atoms with Crippen molar-refractivity contribution in [2.24, 2.45) is 0 Å². The summed E-state index contributed by atoms with van der Waals surface area (Å²) < 4.78 is 0. The standard InChI is InChI=1S/C23H27ClN6O4S/c1-29-5-4-15-19(10-29)35-23(28-15)22(34)27-18-9-30(11-20(31)32)8-17(18)26-21(33)16-7-12-6-13(24)2-3-14(12)25-16/h2-3,6-7,17-18,22,25,27,34H,4-5,8-11H2,1H3,(H,26,33)(H,31,32)/t17-,18-,22?/m1/s1. The van der Waals surface area contributed by atoms with Crippen LogP contribution in [0.5, 0.6) is 0 Å². The van der Waals surface area contributed by atoms with Gasteiger partial charge in [0.1, 0.15) is 10.7 Å². The number of carbonyl (C=O) groups is 2. The van der Waals surface area contributed by atoms with Crippen molar-refractivity contribution in [1.82, 2.24) is 30.4 Å². The Morgan fingerprint density at radius 2 is 2.11 bits per heavy atom. The smallest absolute Gasteiger partial charge is 0.317 e. The van der Waals surface area contributed by atoms with E-state index in [1.165, 1.54) is 11.3 Å². The van der Waals surface area contributed by atoms with E-state index in [1.807, 2.05) is 6.07 Å². The van der Waals surface area contributed by atoms with Gasteiger partial charge in [-0.25, -0.2) is 4.98 Å². The summed E-state index contributed by atoms with van der Waals surface area (Å²) in [6.07, 6.45) is -0.167. The van der Waals surface area contributed by atoms with E-state index in [-0.39, 0.29) is 18.5 Å². The van der Waals surface area contributed by atoms with E-state index in [1.54, 1.807) is 23.1 Å². The normalized spacial score (nSPS) is 21.8. The molecule has 1 aromatic carbocycles. The Balaban J connectivity index is 1.30. The van der Waals surface area contributed by atoms with Crippen molar-refractivity contribution in [3.8, 4) is 0 Å². The highest BCUT2D eigenvalue weighted by Gasteiger charge is 2.36. The van der Waals surface area contributed by atoms with Gasteiger partial charge in [0.15, 0.2) is 6.23 Å². The summed E-state index contributed by atoms with van der Waals surface area (Å²) in [6.45, 7) is 2.30. The molecule has 186 valence electrons. The predicted molar refractivity (Wildman–Crippen MR) is 133 cm³/mol. The number of aromatic nitrogens is 2. The molecular weight excluding hydrogens is 492 g/mol. The molecule has 1 saturated heterocycles. The number of aliphatic hydroxyl groups is 1. The first-order chi connectivity index (χ1) is 16.7. The van der Waals surface area contributed by atoms with Crippen molar-refractivity contribution in [3.05, 3.63) is 50.6 Å². The molecule has 0 spiro atoms. The van der Waals surface area contributed by atoms with Crippen LogP contribution >= 0.6 is 22.9 Å². The molecule has 2 aliphatic heterocycles. The number of fused-ring (bicyclic) bond motifs is 2. The highest BCUT2D eigenvalue weighted by atomic mass is 35.5. The largest absolute Gasteiger partial charge is 0.480 e. The number of hydrogen-bond donors (Lipinski definition) is 5. The molecule has 0 radical (unpaired) electrons. The number of thiazole rings is 1. The van der Waals surface area contributed by atoms with Crippen molar-refractivity contribution in [2.45, 2.75) is 31.3 Å². The fourth-order valence-corrected chi connectivity index (χ4v) is 6.05. The number of halogens is 1. The van der Waals surface area contributed by atoms with Gasteiger partial charge in [-0.3, -0.25) is 19.8 Å². The van der Waals surface area contributed by atoms with Crippen LogP contribution in [0.2, 0.25) is 5.02 Å². The second-order valence-corrected chi connectivity index (χ2v) is 10.7. The molecule has 1 amide bonds. The number of likely N-dealkylation sites (N-methyl/N-ethyl adjacent to an activating group) is 1. The third-order valence-corrected chi connectivity index (χ3v) is 7.81. The number of hydrogen-bond acceptors (Lipinski definition) is 8. The first-order valence-electron chi connectivity index (χ1n) is 11.4. The van der Waals surface area contributed by atoms with Crippen LogP contribution in [0.25, 0.3) is 10.9 Å². The van der Waals surface area contributed by atoms with Crippen LogP contribution in [0.1, 0.15) is 32.3 Å². The van der Waals surface area contributed by atoms with Gasteiger partial charge in [-0.15, -0.1) is 11.3 Å². The lowest BCUT2D eigenvalue weighted by Crippen LogP contribution is -2.50. The summed E-state index contributed by atoms with van der Waals surface area (Å²) in [6, 6.07) is 6.29. The third kappa shape index (κ3) is 5.35. The summed E-state index contributed by atoms with van der Waals surface area (Å²) in [5.41, 5.74) is 2.20. The van der Waals surface area contributed by atoms with Crippen molar-refractivity contribution < 1.29 is 19.8 Å². The molecule has 2 aliphatic rings. The fraction of sp³-hybridized carbons (Fsp3) is 0.435. The molecule has 35 heavy (non-hydrogen) atoms. The highest BCUT2D eigenvalue weighted by Crippen LogP contribution is 2.28. The number of H-pyrrole nitrogens is 1. The lowest BCUT2D eigenvalue weighted by Gasteiger charge is -2.23. The van der Waals surface area contributed by atoms with Gasteiger partial charge >= 0.3 is 5.97 Å². The minimum atomic E-state index is -1.01. The number of carboxylic acids is 1. The van der Waals surface area contributed by atoms with Crippen LogP contribution in [0.4, 0.5) is 0 Å². The molecule has 0 saturated carbocycles. The average Bonchev–Trinajstić information content (AvgIpc) is 3.49. The number of likely N-dealkylation sites (tertiary alicyclic amines) is 1. The zero-order valence-corrected chi connectivity index (χ0v) is 20.7. The van der Waals surface area contributed by atoms with Crippen molar-refractivity contribution >= 4 is 45.7 Å². The Bertz CT molecular complexity index is 1260. The zero-order chi connectivity index (χ0) is 24.7. The fourth-order valence-electron chi connectivity index (χ4n) is 4.73. The maximum atomic E-state index is 13.0. The molecule has 5 N–H and O–H groups in total. The molecule has 2 aromatic heterocycles. The van der Waals surface area contributed by atoms with E-state index in [9.17, 15) is 19.8 Å². The van der Waals surface area contributed by atoms with Gasteiger partial charge < -0.3 is 25.4 Å². The van der Waals surface area contributed by atoms with Gasteiger partial charge in [-0.1, -0.05) is 11.6 Å². The molecule has 3 aromatic rings.